The van der Waals surface area contributed by atoms with Crippen molar-refractivity contribution in [3.63, 3.8) is 0 Å². The molecule has 2 aromatic rings. The molecular formula is C9H8N4O2S. The Morgan fingerprint density at radius 3 is 3.19 bits per heavy atom. The molecule has 0 aliphatic carbocycles. The first-order chi connectivity index (χ1) is 7.68. The summed E-state index contributed by atoms with van der Waals surface area (Å²) in [5.41, 5.74) is -0.0586. The molecule has 7 heteroatoms. The lowest BCUT2D eigenvalue weighted by Crippen LogP contribution is -2.22. The summed E-state index contributed by atoms with van der Waals surface area (Å²) in [7, 11) is 0. The van der Waals surface area contributed by atoms with Gasteiger partial charge in [0, 0.05) is 0 Å². The highest BCUT2D eigenvalue weighted by atomic mass is 32.1. The second-order valence-electron chi connectivity index (χ2n) is 2.99. The van der Waals surface area contributed by atoms with Gasteiger partial charge >= 0.3 is 0 Å². The van der Waals surface area contributed by atoms with Crippen molar-refractivity contribution in [2.24, 2.45) is 5.10 Å². The highest BCUT2D eigenvalue weighted by molar-refractivity contribution is 7.71. The lowest BCUT2D eigenvalue weighted by Gasteiger charge is -1.97. The number of furan rings is 1. The summed E-state index contributed by atoms with van der Waals surface area (Å²) >= 11 is 4.89. The Morgan fingerprint density at radius 1 is 1.69 bits per heavy atom. The van der Waals surface area contributed by atoms with E-state index in [9.17, 15) is 4.79 Å². The van der Waals surface area contributed by atoms with Crippen LogP contribution in [0.1, 0.15) is 11.5 Å². The predicted octanol–water partition coefficient (Wildman–Crippen LogP) is 1.08. The number of aromatic nitrogens is 3. The molecule has 2 heterocycles. The topological polar surface area (TPSA) is 76.2 Å². The molecule has 82 valence electrons. The van der Waals surface area contributed by atoms with Crippen LogP contribution in [0.2, 0.25) is 0 Å². The number of aryl methyl sites for hydroxylation is 1. The predicted molar refractivity (Wildman–Crippen MR) is 60.1 cm³/mol. The Hall–Kier alpha value is -2.02. The van der Waals surface area contributed by atoms with Crippen LogP contribution >= 0.6 is 12.2 Å². The molecule has 0 saturated carbocycles. The van der Waals surface area contributed by atoms with Crippen LogP contribution in [0.5, 0.6) is 0 Å². The van der Waals surface area contributed by atoms with Gasteiger partial charge in [-0.15, -0.1) is 0 Å². The van der Waals surface area contributed by atoms with Gasteiger partial charge in [-0.05, 0) is 31.3 Å². The quantitative estimate of drug-likeness (QED) is 0.625. The SMILES string of the molecule is Cc1n[nH]c(=S)n(/N=C/c2ccco2)c1=O. The molecule has 0 amide bonds. The Morgan fingerprint density at radius 2 is 2.50 bits per heavy atom. The van der Waals surface area contributed by atoms with Crippen LogP contribution in [0.15, 0.2) is 32.7 Å². The summed E-state index contributed by atoms with van der Waals surface area (Å²) in [5, 5.41) is 10.2. The zero-order valence-corrected chi connectivity index (χ0v) is 9.19. The normalized spacial score (nSPS) is 11.1. The van der Waals surface area contributed by atoms with Gasteiger partial charge in [0.2, 0.25) is 4.77 Å². The van der Waals surface area contributed by atoms with Crippen molar-refractivity contribution >= 4 is 18.4 Å². The lowest BCUT2D eigenvalue weighted by molar-refractivity contribution is 0.559. The molecule has 0 atom stereocenters. The second kappa shape index (κ2) is 4.23. The monoisotopic (exact) mass is 236 g/mol. The van der Waals surface area contributed by atoms with Crippen molar-refractivity contribution in [2.75, 3.05) is 0 Å². The highest BCUT2D eigenvalue weighted by Gasteiger charge is 2.00. The van der Waals surface area contributed by atoms with Gasteiger partial charge in [-0.2, -0.15) is 14.9 Å². The number of H-pyrrole nitrogens is 1. The maximum absolute atomic E-state index is 11.6. The zero-order chi connectivity index (χ0) is 11.5. The largest absolute Gasteiger partial charge is 0.463 e. The van der Waals surface area contributed by atoms with E-state index in [1.807, 2.05) is 0 Å². The highest BCUT2D eigenvalue weighted by Crippen LogP contribution is 1.95. The van der Waals surface area contributed by atoms with Crippen molar-refractivity contribution in [3.05, 3.63) is 45.0 Å². The molecule has 0 saturated heterocycles. The van der Waals surface area contributed by atoms with Gasteiger partial charge in [0.15, 0.2) is 0 Å². The minimum atomic E-state index is -0.355. The number of nitrogens with zero attached hydrogens (tertiary/aromatic N) is 3. The molecule has 6 nitrogen and oxygen atoms in total. The number of rotatable bonds is 2. The minimum absolute atomic E-state index is 0.137. The molecule has 0 aromatic carbocycles. The fraction of sp³-hybridized carbons (Fsp3) is 0.111. The molecule has 0 spiro atoms. The maximum Gasteiger partial charge on any atom is 0.296 e. The first kappa shape index (κ1) is 10.5. The van der Waals surface area contributed by atoms with E-state index >= 15 is 0 Å². The number of hydrogen-bond donors (Lipinski definition) is 1. The molecule has 0 aliphatic heterocycles. The smallest absolute Gasteiger partial charge is 0.296 e. The molecule has 0 radical (unpaired) electrons. The van der Waals surface area contributed by atoms with Gasteiger partial charge in [0.1, 0.15) is 11.5 Å². The molecular weight excluding hydrogens is 228 g/mol. The molecule has 0 unspecified atom stereocenters. The molecule has 2 rings (SSSR count). The van der Waals surface area contributed by atoms with Gasteiger partial charge in [0.05, 0.1) is 12.5 Å². The van der Waals surface area contributed by atoms with E-state index < -0.39 is 0 Å². The van der Waals surface area contributed by atoms with E-state index in [4.69, 9.17) is 16.6 Å². The van der Waals surface area contributed by atoms with Gasteiger partial charge in [0.25, 0.3) is 5.56 Å². The zero-order valence-electron chi connectivity index (χ0n) is 8.38. The molecule has 2 aromatic heterocycles. The van der Waals surface area contributed by atoms with Crippen molar-refractivity contribution < 1.29 is 4.42 Å². The van der Waals surface area contributed by atoms with Crippen molar-refractivity contribution in [2.45, 2.75) is 6.92 Å². The average Bonchev–Trinajstić information content (AvgIpc) is 2.77. The van der Waals surface area contributed by atoms with Crippen molar-refractivity contribution in [1.29, 1.82) is 0 Å². The van der Waals surface area contributed by atoms with Gasteiger partial charge in [-0.3, -0.25) is 9.89 Å². The summed E-state index contributed by atoms with van der Waals surface area (Å²) in [6.45, 7) is 1.58. The third-order valence-electron chi connectivity index (χ3n) is 1.86. The van der Waals surface area contributed by atoms with Gasteiger partial charge in [-0.1, -0.05) is 0 Å². The molecule has 0 aliphatic rings. The lowest BCUT2D eigenvalue weighted by atomic mass is 10.5. The van der Waals surface area contributed by atoms with Gasteiger partial charge < -0.3 is 4.42 Å². The maximum atomic E-state index is 11.6. The standard InChI is InChI=1S/C9H8N4O2S/c1-6-8(14)13(9(16)12-11-6)10-5-7-3-2-4-15-7/h2-5H,1H3,(H,12,16)/b10-5+. The summed E-state index contributed by atoms with van der Waals surface area (Å²) in [4.78, 5) is 11.6. The Balaban J connectivity index is 2.46. The van der Waals surface area contributed by atoms with Crippen LogP contribution in [-0.4, -0.2) is 21.1 Å². The Kier molecular flexibility index (Phi) is 2.78. The fourth-order valence-electron chi connectivity index (χ4n) is 1.06. The van der Waals surface area contributed by atoms with Crippen LogP contribution in [0.3, 0.4) is 0 Å². The molecule has 0 bridgehead atoms. The van der Waals surface area contributed by atoms with Crippen LogP contribution in [0.4, 0.5) is 0 Å². The minimum Gasteiger partial charge on any atom is -0.463 e. The summed E-state index contributed by atoms with van der Waals surface area (Å²) in [6, 6.07) is 3.44. The summed E-state index contributed by atoms with van der Waals surface area (Å²) in [6.07, 6.45) is 2.92. The third kappa shape index (κ3) is 1.98. The molecule has 16 heavy (non-hydrogen) atoms. The summed E-state index contributed by atoms with van der Waals surface area (Å²) in [5.74, 6) is 0.538. The number of hydrogen-bond acceptors (Lipinski definition) is 5. The van der Waals surface area contributed by atoms with E-state index in [1.165, 1.54) is 12.5 Å². The Labute approximate surface area is 95.2 Å². The van der Waals surface area contributed by atoms with Crippen molar-refractivity contribution in [1.82, 2.24) is 14.9 Å². The molecule has 1 N–H and O–H groups in total. The van der Waals surface area contributed by atoms with E-state index in [0.717, 1.165) is 4.68 Å². The van der Waals surface area contributed by atoms with Crippen molar-refractivity contribution in [3.8, 4) is 0 Å². The average molecular weight is 236 g/mol. The van der Waals surface area contributed by atoms with Crippen LogP contribution < -0.4 is 5.56 Å². The first-order valence-electron chi connectivity index (χ1n) is 4.44. The van der Waals surface area contributed by atoms with E-state index in [1.54, 1.807) is 19.1 Å². The Bertz CT molecular complexity index is 624. The van der Waals surface area contributed by atoms with Crippen LogP contribution in [0.25, 0.3) is 0 Å². The van der Waals surface area contributed by atoms with Crippen LogP contribution in [-0.2, 0) is 0 Å². The van der Waals surface area contributed by atoms with E-state index in [2.05, 4.69) is 15.3 Å². The first-order valence-corrected chi connectivity index (χ1v) is 4.85. The number of nitrogens with one attached hydrogen (secondary N) is 1. The third-order valence-corrected chi connectivity index (χ3v) is 2.12. The number of aromatic amines is 1. The molecule has 0 fully saturated rings. The van der Waals surface area contributed by atoms with E-state index in [-0.39, 0.29) is 10.3 Å². The van der Waals surface area contributed by atoms with Crippen LogP contribution in [0, 0.1) is 11.7 Å². The van der Waals surface area contributed by atoms with Gasteiger partial charge in [-0.25, -0.2) is 0 Å². The summed E-state index contributed by atoms with van der Waals surface area (Å²) < 4.78 is 6.23. The fourth-order valence-corrected chi connectivity index (χ4v) is 1.23. The van der Waals surface area contributed by atoms with E-state index in [0.29, 0.717) is 11.5 Å². The second-order valence-corrected chi connectivity index (χ2v) is 3.38.